The molecule has 0 N–H and O–H groups in total. The predicted molar refractivity (Wildman–Crippen MR) is 67.9 cm³/mol. The molecule has 1 aromatic heterocycles. The number of nitrogens with zero attached hydrogens (tertiary/aromatic N) is 1. The Bertz CT molecular complexity index is 531. The van der Waals surface area contributed by atoms with Crippen LogP contribution in [0, 0.1) is 0 Å². The molecule has 100 valence electrons. The number of hydrogen-bond acceptors (Lipinski definition) is 5. The maximum Gasteiger partial charge on any atom is 0.163 e. The fourth-order valence-electron chi connectivity index (χ4n) is 1.73. The number of methoxy groups -OCH3 is 1. The van der Waals surface area contributed by atoms with Crippen LogP contribution >= 0.6 is 0 Å². The standard InChI is InChI=1S/C14H15NO4/c1-16-11-4-2-10(3-5-11)14-6-12(19-15-14)7-17-8-13-9-18-13/h2-6,13H,7-9H2,1H3. The first-order chi connectivity index (χ1) is 9.35. The summed E-state index contributed by atoms with van der Waals surface area (Å²) >= 11 is 0. The van der Waals surface area contributed by atoms with Crippen molar-refractivity contribution >= 4 is 0 Å². The van der Waals surface area contributed by atoms with Gasteiger partial charge in [-0.15, -0.1) is 0 Å². The molecule has 3 rings (SSSR count). The zero-order valence-electron chi connectivity index (χ0n) is 10.7. The SMILES string of the molecule is COc1ccc(-c2cc(COCC3CO3)on2)cc1. The lowest BCUT2D eigenvalue weighted by Crippen LogP contribution is -2.00. The van der Waals surface area contributed by atoms with Crippen LogP contribution in [-0.4, -0.2) is 31.6 Å². The zero-order chi connectivity index (χ0) is 13.1. The zero-order valence-corrected chi connectivity index (χ0v) is 10.7. The van der Waals surface area contributed by atoms with E-state index in [1.165, 1.54) is 0 Å². The molecule has 1 atom stereocenters. The molecule has 2 heterocycles. The Morgan fingerprint density at radius 1 is 1.32 bits per heavy atom. The molecule has 0 aliphatic carbocycles. The Labute approximate surface area is 111 Å². The summed E-state index contributed by atoms with van der Waals surface area (Å²) in [5.41, 5.74) is 1.78. The third-order valence-corrected chi connectivity index (χ3v) is 2.90. The average molecular weight is 261 g/mol. The predicted octanol–water partition coefficient (Wildman–Crippen LogP) is 2.27. The number of ether oxygens (including phenoxy) is 3. The molecule has 0 spiro atoms. The van der Waals surface area contributed by atoms with Gasteiger partial charge in [0.25, 0.3) is 0 Å². The average Bonchev–Trinajstić information content (AvgIpc) is 3.15. The van der Waals surface area contributed by atoms with Gasteiger partial charge in [-0.25, -0.2) is 0 Å². The number of hydrogen-bond donors (Lipinski definition) is 0. The molecule has 1 aliphatic heterocycles. The van der Waals surface area contributed by atoms with Crippen molar-refractivity contribution in [3.05, 3.63) is 36.1 Å². The molecule has 1 saturated heterocycles. The van der Waals surface area contributed by atoms with Crippen LogP contribution in [-0.2, 0) is 16.1 Å². The monoisotopic (exact) mass is 261 g/mol. The number of aromatic nitrogens is 1. The molecule has 5 heteroatoms. The van der Waals surface area contributed by atoms with E-state index in [1.807, 2.05) is 30.3 Å². The highest BCUT2D eigenvalue weighted by molar-refractivity contribution is 5.59. The maximum atomic E-state index is 5.45. The normalized spacial score (nSPS) is 17.4. The minimum Gasteiger partial charge on any atom is -0.497 e. The van der Waals surface area contributed by atoms with Crippen molar-refractivity contribution in [2.45, 2.75) is 12.7 Å². The minimum atomic E-state index is 0.268. The quantitative estimate of drug-likeness (QED) is 0.746. The van der Waals surface area contributed by atoms with Crippen LogP contribution in [0.25, 0.3) is 11.3 Å². The van der Waals surface area contributed by atoms with Crippen LogP contribution in [0.5, 0.6) is 5.75 Å². The number of epoxide rings is 1. The summed E-state index contributed by atoms with van der Waals surface area (Å²) in [7, 11) is 1.64. The van der Waals surface area contributed by atoms with E-state index >= 15 is 0 Å². The molecule has 0 saturated carbocycles. The van der Waals surface area contributed by atoms with E-state index in [9.17, 15) is 0 Å². The van der Waals surface area contributed by atoms with Gasteiger partial charge in [-0.3, -0.25) is 0 Å². The third-order valence-electron chi connectivity index (χ3n) is 2.90. The van der Waals surface area contributed by atoms with E-state index in [0.29, 0.717) is 19.0 Å². The molecule has 0 bridgehead atoms. The van der Waals surface area contributed by atoms with Crippen molar-refractivity contribution in [3.8, 4) is 17.0 Å². The van der Waals surface area contributed by atoms with Crippen molar-refractivity contribution in [2.75, 3.05) is 20.3 Å². The summed E-state index contributed by atoms with van der Waals surface area (Å²) in [6.07, 6.45) is 0.268. The van der Waals surface area contributed by atoms with Crippen LogP contribution < -0.4 is 4.74 Å². The summed E-state index contributed by atoms with van der Waals surface area (Å²) < 4.78 is 20.9. The highest BCUT2D eigenvalue weighted by Gasteiger charge is 2.22. The second-order valence-electron chi connectivity index (χ2n) is 4.38. The van der Waals surface area contributed by atoms with Crippen LogP contribution in [0.4, 0.5) is 0 Å². The molecule has 1 aliphatic rings. The highest BCUT2D eigenvalue weighted by atomic mass is 16.6. The van der Waals surface area contributed by atoms with Crippen LogP contribution in [0.1, 0.15) is 5.76 Å². The second-order valence-corrected chi connectivity index (χ2v) is 4.38. The van der Waals surface area contributed by atoms with E-state index in [4.69, 9.17) is 18.7 Å². The lowest BCUT2D eigenvalue weighted by Gasteiger charge is -1.99. The van der Waals surface area contributed by atoms with Crippen molar-refractivity contribution in [2.24, 2.45) is 0 Å². The summed E-state index contributed by atoms with van der Waals surface area (Å²) in [5.74, 6) is 1.53. The van der Waals surface area contributed by atoms with Crippen molar-refractivity contribution < 1.29 is 18.7 Å². The minimum absolute atomic E-state index is 0.268. The van der Waals surface area contributed by atoms with Gasteiger partial charge in [0, 0.05) is 11.6 Å². The van der Waals surface area contributed by atoms with Gasteiger partial charge in [0.15, 0.2) is 5.76 Å². The van der Waals surface area contributed by atoms with Gasteiger partial charge in [-0.05, 0) is 24.3 Å². The Hall–Kier alpha value is -1.85. The third kappa shape index (κ3) is 3.13. The van der Waals surface area contributed by atoms with Crippen LogP contribution in [0.2, 0.25) is 0 Å². The van der Waals surface area contributed by atoms with Crippen molar-refractivity contribution in [1.29, 1.82) is 0 Å². The Kier molecular flexibility index (Phi) is 3.48. The smallest absolute Gasteiger partial charge is 0.163 e. The highest BCUT2D eigenvalue weighted by Crippen LogP contribution is 2.22. The van der Waals surface area contributed by atoms with Gasteiger partial charge in [-0.1, -0.05) is 5.16 Å². The molecule has 0 amide bonds. The second kappa shape index (κ2) is 5.42. The molecule has 1 fully saturated rings. The van der Waals surface area contributed by atoms with Gasteiger partial charge in [0.05, 0.1) is 20.3 Å². The van der Waals surface area contributed by atoms with Crippen LogP contribution in [0.3, 0.4) is 0 Å². The summed E-state index contributed by atoms with van der Waals surface area (Å²) in [5, 5.41) is 4.03. The van der Waals surface area contributed by atoms with E-state index in [-0.39, 0.29) is 6.10 Å². The van der Waals surface area contributed by atoms with Gasteiger partial charge in [-0.2, -0.15) is 0 Å². The molecule has 5 nitrogen and oxygen atoms in total. The molecule has 19 heavy (non-hydrogen) atoms. The van der Waals surface area contributed by atoms with E-state index in [0.717, 1.165) is 23.6 Å². The Morgan fingerprint density at radius 3 is 2.79 bits per heavy atom. The first-order valence-corrected chi connectivity index (χ1v) is 6.14. The van der Waals surface area contributed by atoms with Crippen LogP contribution in [0.15, 0.2) is 34.9 Å². The molecular formula is C14H15NO4. The lowest BCUT2D eigenvalue weighted by atomic mass is 10.1. The summed E-state index contributed by atoms with van der Waals surface area (Å²) in [6, 6.07) is 9.56. The number of rotatable bonds is 6. The fourth-order valence-corrected chi connectivity index (χ4v) is 1.73. The summed E-state index contributed by atoms with van der Waals surface area (Å²) in [4.78, 5) is 0. The Morgan fingerprint density at radius 2 is 2.11 bits per heavy atom. The fraction of sp³-hybridized carbons (Fsp3) is 0.357. The van der Waals surface area contributed by atoms with Gasteiger partial charge < -0.3 is 18.7 Å². The molecule has 1 aromatic carbocycles. The largest absolute Gasteiger partial charge is 0.497 e. The first-order valence-electron chi connectivity index (χ1n) is 6.14. The first kappa shape index (κ1) is 12.2. The summed E-state index contributed by atoms with van der Waals surface area (Å²) in [6.45, 7) is 1.83. The van der Waals surface area contributed by atoms with E-state index in [1.54, 1.807) is 7.11 Å². The Balaban J connectivity index is 1.61. The molecule has 1 unspecified atom stereocenters. The molecule has 2 aromatic rings. The maximum absolute atomic E-state index is 5.45. The molecule has 0 radical (unpaired) electrons. The van der Waals surface area contributed by atoms with Gasteiger partial charge in [0.2, 0.25) is 0 Å². The van der Waals surface area contributed by atoms with Gasteiger partial charge >= 0.3 is 0 Å². The van der Waals surface area contributed by atoms with Crippen molar-refractivity contribution in [3.63, 3.8) is 0 Å². The van der Waals surface area contributed by atoms with Crippen molar-refractivity contribution in [1.82, 2.24) is 5.16 Å². The lowest BCUT2D eigenvalue weighted by molar-refractivity contribution is 0.0872. The number of benzene rings is 1. The van der Waals surface area contributed by atoms with E-state index < -0.39 is 0 Å². The topological polar surface area (TPSA) is 57.0 Å². The molecular weight excluding hydrogens is 246 g/mol. The van der Waals surface area contributed by atoms with E-state index in [2.05, 4.69) is 5.16 Å². The van der Waals surface area contributed by atoms with Gasteiger partial charge in [0.1, 0.15) is 24.2 Å².